The van der Waals surface area contributed by atoms with E-state index in [2.05, 4.69) is 15.3 Å². The number of nitrogens with one attached hydrogen (secondary N) is 1. The number of benzene rings is 1. The van der Waals surface area contributed by atoms with Crippen LogP contribution in [0.3, 0.4) is 0 Å². The molecule has 0 aliphatic rings. The summed E-state index contributed by atoms with van der Waals surface area (Å²) in [5.41, 5.74) is 3.95. The minimum Gasteiger partial charge on any atom is -0.350 e. The van der Waals surface area contributed by atoms with Gasteiger partial charge in [-0.3, -0.25) is 18.9 Å². The summed E-state index contributed by atoms with van der Waals surface area (Å²) in [6, 6.07) is 15.2. The van der Waals surface area contributed by atoms with Gasteiger partial charge in [-0.15, -0.1) is 0 Å². The molecule has 0 unspecified atom stereocenters. The fourth-order valence-corrected chi connectivity index (χ4v) is 3.26. The molecule has 7 heteroatoms. The van der Waals surface area contributed by atoms with E-state index < -0.39 is 0 Å². The first-order valence-electron chi connectivity index (χ1n) is 9.41. The first kappa shape index (κ1) is 18.6. The molecule has 0 saturated heterocycles. The number of rotatable bonds is 6. The lowest BCUT2D eigenvalue weighted by molar-refractivity contribution is 0.0952. The Morgan fingerprint density at radius 2 is 1.83 bits per heavy atom. The molecule has 0 bridgehead atoms. The van der Waals surface area contributed by atoms with E-state index in [1.54, 1.807) is 33.7 Å². The molecule has 0 atom stereocenters. The van der Waals surface area contributed by atoms with Crippen molar-refractivity contribution >= 4 is 17.1 Å². The van der Waals surface area contributed by atoms with Crippen LogP contribution in [-0.4, -0.2) is 31.6 Å². The van der Waals surface area contributed by atoms with Crippen molar-refractivity contribution in [1.29, 1.82) is 0 Å². The van der Waals surface area contributed by atoms with Crippen molar-refractivity contribution in [1.82, 2.24) is 24.4 Å². The van der Waals surface area contributed by atoms with Gasteiger partial charge in [-0.1, -0.05) is 29.8 Å². The van der Waals surface area contributed by atoms with Gasteiger partial charge < -0.3 is 5.32 Å². The van der Waals surface area contributed by atoms with Crippen molar-refractivity contribution < 1.29 is 4.79 Å². The molecule has 0 fully saturated rings. The molecular weight excluding hydrogens is 366 g/mol. The highest BCUT2D eigenvalue weighted by Gasteiger charge is 2.14. The van der Waals surface area contributed by atoms with Crippen LogP contribution < -0.4 is 11.0 Å². The van der Waals surface area contributed by atoms with Gasteiger partial charge in [0.25, 0.3) is 5.91 Å². The molecule has 0 aliphatic carbocycles. The number of hydrogen-bond donors (Lipinski definition) is 1. The molecule has 1 N–H and O–H groups in total. The van der Waals surface area contributed by atoms with Gasteiger partial charge in [0.2, 0.25) is 0 Å². The predicted molar refractivity (Wildman–Crippen MR) is 111 cm³/mol. The molecule has 0 saturated carbocycles. The number of imidazole rings is 1. The summed E-state index contributed by atoms with van der Waals surface area (Å²) in [6.45, 7) is 3.15. The third kappa shape index (κ3) is 3.94. The van der Waals surface area contributed by atoms with E-state index >= 15 is 0 Å². The second kappa shape index (κ2) is 8.10. The molecule has 29 heavy (non-hydrogen) atoms. The Balaban J connectivity index is 1.56. The summed E-state index contributed by atoms with van der Waals surface area (Å²) in [5, 5.41) is 2.83. The zero-order valence-corrected chi connectivity index (χ0v) is 16.1. The van der Waals surface area contributed by atoms with Crippen molar-refractivity contribution in [3.63, 3.8) is 0 Å². The van der Waals surface area contributed by atoms with Gasteiger partial charge in [0.05, 0.1) is 17.6 Å². The smallest absolute Gasteiger partial charge is 0.330 e. The number of carbonyl (C=O) groups excluding carboxylic acids is 1. The van der Waals surface area contributed by atoms with E-state index in [1.807, 2.05) is 43.3 Å². The Bertz CT molecular complexity index is 1190. The quantitative estimate of drug-likeness (QED) is 0.551. The molecule has 0 aliphatic heterocycles. The Labute approximate surface area is 167 Å². The Kier molecular flexibility index (Phi) is 5.20. The first-order chi connectivity index (χ1) is 14.1. The molecule has 4 rings (SSSR count). The molecule has 146 valence electrons. The highest BCUT2D eigenvalue weighted by Crippen LogP contribution is 2.13. The van der Waals surface area contributed by atoms with E-state index in [0.29, 0.717) is 30.8 Å². The van der Waals surface area contributed by atoms with E-state index in [9.17, 15) is 9.59 Å². The number of aryl methyl sites for hydroxylation is 1. The van der Waals surface area contributed by atoms with Crippen LogP contribution in [0.25, 0.3) is 11.2 Å². The fourth-order valence-electron chi connectivity index (χ4n) is 3.26. The lowest BCUT2D eigenvalue weighted by atomic mass is 10.1. The maximum atomic E-state index is 13.1. The number of hydrogen-bond acceptors (Lipinski definition) is 4. The number of amides is 1. The lowest BCUT2D eigenvalue weighted by Gasteiger charge is -2.06. The molecule has 3 heterocycles. The maximum Gasteiger partial charge on any atom is 0.330 e. The third-order valence-electron chi connectivity index (χ3n) is 4.78. The molecule has 0 radical (unpaired) electrons. The largest absolute Gasteiger partial charge is 0.350 e. The summed E-state index contributed by atoms with van der Waals surface area (Å²) < 4.78 is 3.32. The van der Waals surface area contributed by atoms with Crippen LogP contribution >= 0.6 is 0 Å². The van der Waals surface area contributed by atoms with E-state index in [4.69, 9.17) is 0 Å². The topological polar surface area (TPSA) is 81.8 Å². The van der Waals surface area contributed by atoms with Crippen LogP contribution in [0, 0.1) is 6.92 Å². The standard InChI is InChI=1S/C22H21N5O2/c1-16-6-8-17(9-7-16)15-27-19-5-3-11-24-20(19)26(22(27)29)13-12-25-21(28)18-4-2-10-23-14-18/h2-11,14H,12-13,15H2,1H3,(H,25,28). The highest BCUT2D eigenvalue weighted by molar-refractivity contribution is 5.93. The Morgan fingerprint density at radius 1 is 1.03 bits per heavy atom. The summed E-state index contributed by atoms with van der Waals surface area (Å²) in [5.74, 6) is -0.220. The van der Waals surface area contributed by atoms with Crippen molar-refractivity contribution in [2.75, 3.05) is 6.54 Å². The minimum atomic E-state index is -0.220. The lowest BCUT2D eigenvalue weighted by Crippen LogP contribution is -2.32. The number of carbonyl (C=O) groups is 1. The Morgan fingerprint density at radius 3 is 2.59 bits per heavy atom. The number of pyridine rings is 2. The average Bonchev–Trinajstić information content (AvgIpc) is 3.02. The molecule has 4 aromatic rings. The van der Waals surface area contributed by atoms with Crippen LogP contribution in [-0.2, 0) is 13.1 Å². The monoisotopic (exact) mass is 387 g/mol. The van der Waals surface area contributed by atoms with Crippen LogP contribution in [0.1, 0.15) is 21.5 Å². The van der Waals surface area contributed by atoms with E-state index in [0.717, 1.165) is 11.1 Å². The fraction of sp³-hybridized carbons (Fsp3) is 0.182. The minimum absolute atomic E-state index is 0.144. The molecule has 0 spiro atoms. The summed E-state index contributed by atoms with van der Waals surface area (Å²) in [7, 11) is 0. The molecule has 7 nitrogen and oxygen atoms in total. The number of fused-ring (bicyclic) bond motifs is 1. The zero-order chi connectivity index (χ0) is 20.2. The maximum absolute atomic E-state index is 13.1. The van der Waals surface area contributed by atoms with Gasteiger partial charge >= 0.3 is 5.69 Å². The summed E-state index contributed by atoms with van der Waals surface area (Å²) in [4.78, 5) is 33.6. The van der Waals surface area contributed by atoms with Crippen LogP contribution in [0.15, 0.2) is 71.9 Å². The third-order valence-corrected chi connectivity index (χ3v) is 4.78. The summed E-state index contributed by atoms with van der Waals surface area (Å²) >= 11 is 0. The van der Waals surface area contributed by atoms with Crippen molar-refractivity contribution in [3.05, 3.63) is 94.3 Å². The predicted octanol–water partition coefficient (Wildman–Crippen LogP) is 2.38. The van der Waals surface area contributed by atoms with Crippen molar-refractivity contribution in [3.8, 4) is 0 Å². The van der Waals surface area contributed by atoms with Gasteiger partial charge in [0, 0.05) is 31.7 Å². The van der Waals surface area contributed by atoms with Crippen molar-refractivity contribution in [2.24, 2.45) is 0 Å². The van der Waals surface area contributed by atoms with Gasteiger partial charge in [-0.05, 0) is 36.8 Å². The van der Waals surface area contributed by atoms with Gasteiger partial charge in [0.15, 0.2) is 5.65 Å². The molecule has 1 aromatic carbocycles. The average molecular weight is 387 g/mol. The van der Waals surface area contributed by atoms with Gasteiger partial charge in [0.1, 0.15) is 0 Å². The SMILES string of the molecule is Cc1ccc(Cn2c(=O)n(CCNC(=O)c3cccnc3)c3ncccc32)cc1. The first-order valence-corrected chi connectivity index (χ1v) is 9.41. The summed E-state index contributed by atoms with van der Waals surface area (Å²) in [6.07, 6.45) is 4.80. The Hall–Kier alpha value is -3.74. The van der Waals surface area contributed by atoms with Crippen molar-refractivity contribution in [2.45, 2.75) is 20.0 Å². The number of aromatic nitrogens is 4. The number of nitrogens with zero attached hydrogens (tertiary/aromatic N) is 4. The van der Waals surface area contributed by atoms with Crippen LogP contribution in [0.5, 0.6) is 0 Å². The molecular formula is C22H21N5O2. The normalized spacial score (nSPS) is 10.9. The van der Waals surface area contributed by atoms with E-state index in [1.165, 1.54) is 11.8 Å². The molecule has 1 amide bonds. The van der Waals surface area contributed by atoms with E-state index in [-0.39, 0.29) is 11.6 Å². The van der Waals surface area contributed by atoms with Gasteiger partial charge in [-0.25, -0.2) is 9.78 Å². The van der Waals surface area contributed by atoms with Crippen LogP contribution in [0.4, 0.5) is 0 Å². The molecule has 3 aromatic heterocycles. The van der Waals surface area contributed by atoms with Crippen LogP contribution in [0.2, 0.25) is 0 Å². The van der Waals surface area contributed by atoms with Gasteiger partial charge in [-0.2, -0.15) is 0 Å². The second-order valence-electron chi connectivity index (χ2n) is 6.85. The zero-order valence-electron chi connectivity index (χ0n) is 16.1. The second-order valence-corrected chi connectivity index (χ2v) is 6.85. The highest BCUT2D eigenvalue weighted by atomic mass is 16.2.